The van der Waals surface area contributed by atoms with Crippen molar-refractivity contribution < 1.29 is 5.11 Å². The van der Waals surface area contributed by atoms with Gasteiger partial charge in [0.25, 0.3) is 0 Å². The van der Waals surface area contributed by atoms with Crippen LogP contribution in [0.2, 0.25) is 5.02 Å². The Kier molecular flexibility index (Phi) is 6.02. The van der Waals surface area contributed by atoms with Crippen molar-refractivity contribution in [3.63, 3.8) is 0 Å². The van der Waals surface area contributed by atoms with E-state index < -0.39 is 0 Å². The third-order valence-electron chi connectivity index (χ3n) is 6.36. The molecule has 2 N–H and O–H groups in total. The maximum absolute atomic E-state index is 10.6. The number of thiocarbonyl (C=S) groups is 1. The van der Waals surface area contributed by atoms with Crippen molar-refractivity contribution in [3.8, 4) is 11.4 Å². The van der Waals surface area contributed by atoms with Crippen molar-refractivity contribution in [2.75, 3.05) is 0 Å². The highest BCUT2D eigenvalue weighted by atomic mass is 35.5. The van der Waals surface area contributed by atoms with Gasteiger partial charge in [-0.1, -0.05) is 48.0 Å². The average molecular weight is 489 g/mol. The highest BCUT2D eigenvalue weighted by Crippen LogP contribution is 2.42. The Bertz CT molecular complexity index is 1340. The van der Waals surface area contributed by atoms with Gasteiger partial charge in [-0.25, -0.2) is 0 Å². The molecule has 0 saturated carbocycles. The summed E-state index contributed by atoms with van der Waals surface area (Å²) in [7, 11) is 0. The third kappa shape index (κ3) is 4.04. The lowest BCUT2D eigenvalue weighted by Crippen LogP contribution is -2.29. The maximum Gasteiger partial charge on any atom is 0.170 e. The van der Waals surface area contributed by atoms with Gasteiger partial charge in [-0.15, -0.1) is 0 Å². The molecule has 3 heterocycles. The molecule has 0 unspecified atom stereocenters. The molecule has 1 aliphatic rings. The number of aryl methyl sites for hydroxylation is 1. The normalized spacial score (nSPS) is 17.7. The molecule has 0 bridgehead atoms. The van der Waals surface area contributed by atoms with Gasteiger partial charge >= 0.3 is 0 Å². The number of aromatic hydroxyl groups is 1. The zero-order chi connectivity index (χ0) is 23.8. The van der Waals surface area contributed by atoms with Crippen LogP contribution in [0.25, 0.3) is 5.69 Å². The largest absolute Gasteiger partial charge is 0.506 e. The van der Waals surface area contributed by atoms with Crippen molar-refractivity contribution in [2.24, 2.45) is 0 Å². The smallest absolute Gasteiger partial charge is 0.170 e. The van der Waals surface area contributed by atoms with Crippen LogP contribution in [0.4, 0.5) is 0 Å². The number of nitrogens with zero attached hydrogens (tertiary/aromatic N) is 3. The molecule has 5 nitrogen and oxygen atoms in total. The number of aromatic nitrogens is 2. The molecule has 7 heteroatoms. The summed E-state index contributed by atoms with van der Waals surface area (Å²) in [5.41, 5.74) is 5.91. The molecule has 1 fully saturated rings. The number of pyridine rings is 1. The summed E-state index contributed by atoms with van der Waals surface area (Å²) in [6.07, 6.45) is 1.81. The predicted molar refractivity (Wildman–Crippen MR) is 139 cm³/mol. The van der Waals surface area contributed by atoms with E-state index in [-0.39, 0.29) is 17.8 Å². The molecule has 2 aromatic heterocycles. The Morgan fingerprint density at radius 3 is 2.53 bits per heavy atom. The first kappa shape index (κ1) is 22.4. The quantitative estimate of drug-likeness (QED) is 0.336. The maximum atomic E-state index is 10.6. The topological polar surface area (TPSA) is 53.3 Å². The van der Waals surface area contributed by atoms with E-state index in [4.69, 9.17) is 23.8 Å². The number of phenolic OH excluding ortho intramolecular Hbond substituents is 1. The summed E-state index contributed by atoms with van der Waals surface area (Å²) < 4.78 is 2.05. The van der Waals surface area contributed by atoms with Gasteiger partial charge in [-0.2, -0.15) is 0 Å². The van der Waals surface area contributed by atoms with Gasteiger partial charge in [0, 0.05) is 29.2 Å². The number of halogens is 1. The Morgan fingerprint density at radius 1 is 1.03 bits per heavy atom. The molecule has 0 amide bonds. The second kappa shape index (κ2) is 9.12. The minimum absolute atomic E-state index is 0.0797. The summed E-state index contributed by atoms with van der Waals surface area (Å²) in [5, 5.41) is 15.4. The molecule has 0 spiro atoms. The van der Waals surface area contributed by atoms with Crippen molar-refractivity contribution in [1.82, 2.24) is 19.8 Å². The van der Waals surface area contributed by atoms with Gasteiger partial charge in [0.15, 0.2) is 5.11 Å². The molecule has 2 aromatic carbocycles. The lowest BCUT2D eigenvalue weighted by Gasteiger charge is -2.28. The third-order valence-corrected chi connectivity index (χ3v) is 6.95. The van der Waals surface area contributed by atoms with Gasteiger partial charge in [0.05, 0.1) is 23.5 Å². The van der Waals surface area contributed by atoms with E-state index in [1.165, 1.54) is 5.56 Å². The number of rotatable bonds is 5. The minimum atomic E-state index is -0.112. The number of benzene rings is 2. The van der Waals surface area contributed by atoms with Crippen LogP contribution >= 0.6 is 23.8 Å². The Labute approximate surface area is 209 Å². The average Bonchev–Trinajstić information content (AvgIpc) is 3.31. The number of hydrogen-bond acceptors (Lipinski definition) is 3. The molecule has 5 rings (SSSR count). The van der Waals surface area contributed by atoms with E-state index in [0.29, 0.717) is 22.4 Å². The molecule has 34 heavy (non-hydrogen) atoms. The van der Waals surface area contributed by atoms with Gasteiger partial charge in [0.2, 0.25) is 0 Å². The van der Waals surface area contributed by atoms with Crippen molar-refractivity contribution in [2.45, 2.75) is 32.5 Å². The Balaban J connectivity index is 1.64. The van der Waals surface area contributed by atoms with Crippen molar-refractivity contribution >= 4 is 28.9 Å². The first-order valence-corrected chi connectivity index (χ1v) is 11.9. The van der Waals surface area contributed by atoms with Crippen LogP contribution in [0.1, 0.15) is 40.3 Å². The van der Waals surface area contributed by atoms with Crippen LogP contribution in [0.15, 0.2) is 79.0 Å². The zero-order valence-electron chi connectivity index (χ0n) is 18.9. The summed E-state index contributed by atoms with van der Waals surface area (Å²) in [6, 6.07) is 23.4. The van der Waals surface area contributed by atoms with E-state index in [1.54, 1.807) is 18.2 Å². The van der Waals surface area contributed by atoms with Crippen molar-refractivity contribution in [3.05, 3.63) is 112 Å². The highest BCUT2D eigenvalue weighted by molar-refractivity contribution is 7.80. The molecule has 172 valence electrons. The first-order valence-electron chi connectivity index (χ1n) is 11.1. The van der Waals surface area contributed by atoms with E-state index in [9.17, 15) is 5.11 Å². The first-order chi connectivity index (χ1) is 16.4. The number of phenols is 1. The summed E-state index contributed by atoms with van der Waals surface area (Å²) >= 11 is 12.1. The van der Waals surface area contributed by atoms with Crippen LogP contribution < -0.4 is 5.32 Å². The van der Waals surface area contributed by atoms with Gasteiger partial charge in [-0.3, -0.25) is 4.98 Å². The fourth-order valence-electron chi connectivity index (χ4n) is 4.83. The van der Waals surface area contributed by atoms with E-state index in [2.05, 4.69) is 40.3 Å². The van der Waals surface area contributed by atoms with E-state index >= 15 is 0 Å². The van der Waals surface area contributed by atoms with Crippen LogP contribution in [0.3, 0.4) is 0 Å². The van der Waals surface area contributed by atoms with Crippen LogP contribution in [-0.2, 0) is 6.54 Å². The molecule has 0 radical (unpaired) electrons. The number of hydrogen-bond donors (Lipinski definition) is 2. The second-order valence-electron chi connectivity index (χ2n) is 8.54. The van der Waals surface area contributed by atoms with Crippen LogP contribution in [0, 0.1) is 13.8 Å². The van der Waals surface area contributed by atoms with Crippen LogP contribution in [0.5, 0.6) is 5.75 Å². The summed E-state index contributed by atoms with van der Waals surface area (Å²) in [6.45, 7) is 4.78. The molecule has 0 aliphatic carbocycles. The van der Waals surface area contributed by atoms with Crippen LogP contribution in [-0.4, -0.2) is 24.7 Å². The van der Waals surface area contributed by atoms with E-state index in [0.717, 1.165) is 22.6 Å². The predicted octanol–water partition coefficient (Wildman–Crippen LogP) is 6.02. The fourth-order valence-corrected chi connectivity index (χ4v) is 5.30. The SMILES string of the molecule is Cc1cc([C@H]2[C@@H](c3ccccn3)NC(=S)N2Cc2ccccc2)c(C)n1-c1cc(Cl)ccc1O. The Hall–Kier alpha value is -3.35. The Morgan fingerprint density at radius 2 is 1.79 bits per heavy atom. The van der Waals surface area contributed by atoms with Gasteiger partial charge < -0.3 is 19.9 Å². The lowest BCUT2D eigenvalue weighted by atomic mass is 9.96. The summed E-state index contributed by atoms with van der Waals surface area (Å²) in [4.78, 5) is 6.87. The summed E-state index contributed by atoms with van der Waals surface area (Å²) in [5.74, 6) is 0.181. The monoisotopic (exact) mass is 488 g/mol. The van der Waals surface area contributed by atoms with Gasteiger partial charge in [0.1, 0.15) is 5.75 Å². The lowest BCUT2D eigenvalue weighted by molar-refractivity contribution is 0.310. The standard InChI is InChI=1S/C27H25ClN4OS/c1-17-14-21(18(2)32(17)23-15-20(28)11-12-24(23)33)26-25(22-10-6-7-13-29-22)30-27(34)31(26)16-19-8-4-3-5-9-19/h3-15,25-26,33H,16H2,1-2H3,(H,30,34)/t25-,26+/m1/s1. The molecular formula is C27H25ClN4OS. The highest BCUT2D eigenvalue weighted by Gasteiger charge is 2.41. The molecule has 1 aliphatic heterocycles. The molecule has 2 atom stereocenters. The molecular weight excluding hydrogens is 464 g/mol. The second-order valence-corrected chi connectivity index (χ2v) is 9.36. The van der Waals surface area contributed by atoms with Gasteiger partial charge in [-0.05, 0) is 73.6 Å². The fraction of sp³-hybridized carbons (Fsp3) is 0.185. The van der Waals surface area contributed by atoms with Crippen molar-refractivity contribution in [1.29, 1.82) is 0 Å². The minimum Gasteiger partial charge on any atom is -0.506 e. The molecule has 4 aromatic rings. The molecule has 1 saturated heterocycles. The van der Waals surface area contributed by atoms with E-state index in [1.807, 2.05) is 54.1 Å². The number of nitrogens with one attached hydrogen (secondary N) is 1. The zero-order valence-corrected chi connectivity index (χ0v) is 20.5.